The number of benzene rings is 1. The number of hydrogen-bond donors (Lipinski definition) is 1. The van der Waals surface area contributed by atoms with E-state index in [1.165, 1.54) is 6.20 Å². The van der Waals surface area contributed by atoms with Gasteiger partial charge in [0, 0.05) is 5.39 Å². The molecule has 2 fully saturated rings. The molecule has 6 nitrogen and oxygen atoms in total. The molecular weight excluding hydrogens is 270 g/mol. The van der Waals surface area contributed by atoms with Gasteiger partial charge in [-0.2, -0.15) is 0 Å². The van der Waals surface area contributed by atoms with E-state index in [4.69, 9.17) is 0 Å². The Kier molecular flexibility index (Phi) is 2.22. The zero-order valence-electron chi connectivity index (χ0n) is 11.0. The summed E-state index contributed by atoms with van der Waals surface area (Å²) in [4.78, 5) is 41.6. The van der Waals surface area contributed by atoms with Crippen LogP contribution in [-0.2, 0) is 9.59 Å². The topological polar surface area (TPSA) is 79.4 Å². The van der Waals surface area contributed by atoms with E-state index in [-0.39, 0.29) is 0 Å². The molecule has 1 aromatic heterocycles. The van der Waals surface area contributed by atoms with Gasteiger partial charge in [-0.05, 0) is 25.0 Å². The molecule has 1 spiro atoms. The Labute approximate surface area is 119 Å². The Bertz CT molecular complexity index is 811. The van der Waals surface area contributed by atoms with Crippen molar-refractivity contribution in [3.63, 3.8) is 0 Å². The Morgan fingerprint density at radius 1 is 1.14 bits per heavy atom. The van der Waals surface area contributed by atoms with Crippen molar-refractivity contribution in [3.8, 4) is 0 Å². The Hall–Kier alpha value is -2.76. The van der Waals surface area contributed by atoms with E-state index in [1.54, 1.807) is 6.07 Å². The van der Waals surface area contributed by atoms with Crippen molar-refractivity contribution < 1.29 is 14.4 Å². The predicted molar refractivity (Wildman–Crippen MR) is 74.4 cm³/mol. The SMILES string of the molecule is O=C1NC(=O)C2(CC2)C(=O)N1c1cnc2ccccc2c1. The number of pyridine rings is 1. The third-order valence-corrected chi connectivity index (χ3v) is 4.05. The highest BCUT2D eigenvalue weighted by atomic mass is 16.2. The molecule has 0 atom stereocenters. The lowest BCUT2D eigenvalue weighted by Crippen LogP contribution is -2.59. The zero-order valence-corrected chi connectivity index (χ0v) is 11.0. The molecule has 104 valence electrons. The van der Waals surface area contributed by atoms with Gasteiger partial charge in [-0.15, -0.1) is 0 Å². The third-order valence-electron chi connectivity index (χ3n) is 4.05. The summed E-state index contributed by atoms with van der Waals surface area (Å²) < 4.78 is 0. The molecule has 1 N–H and O–H groups in total. The second-order valence-corrected chi connectivity index (χ2v) is 5.37. The van der Waals surface area contributed by atoms with Crippen LogP contribution in [0.2, 0.25) is 0 Å². The summed E-state index contributed by atoms with van der Waals surface area (Å²) in [5.74, 6) is -0.934. The molecule has 1 aliphatic carbocycles. The van der Waals surface area contributed by atoms with E-state index in [1.807, 2.05) is 24.3 Å². The number of anilines is 1. The first kappa shape index (κ1) is 12.0. The summed E-state index contributed by atoms with van der Waals surface area (Å²) >= 11 is 0. The number of imide groups is 2. The Morgan fingerprint density at radius 3 is 2.67 bits per heavy atom. The molecule has 2 aromatic rings. The fourth-order valence-corrected chi connectivity index (χ4v) is 2.66. The number of nitrogens with one attached hydrogen (secondary N) is 1. The van der Waals surface area contributed by atoms with E-state index in [0.29, 0.717) is 18.5 Å². The summed E-state index contributed by atoms with van der Waals surface area (Å²) in [7, 11) is 0. The van der Waals surface area contributed by atoms with Crippen molar-refractivity contribution in [1.82, 2.24) is 10.3 Å². The van der Waals surface area contributed by atoms with E-state index < -0.39 is 23.3 Å². The van der Waals surface area contributed by atoms with E-state index in [2.05, 4.69) is 10.3 Å². The van der Waals surface area contributed by atoms with Gasteiger partial charge in [0.25, 0.3) is 5.91 Å². The van der Waals surface area contributed by atoms with Gasteiger partial charge in [-0.3, -0.25) is 19.9 Å². The fraction of sp³-hybridized carbons (Fsp3) is 0.200. The molecule has 0 unspecified atom stereocenters. The number of amides is 4. The fourth-order valence-electron chi connectivity index (χ4n) is 2.66. The number of urea groups is 1. The van der Waals surface area contributed by atoms with Gasteiger partial charge in [0.05, 0.1) is 17.4 Å². The largest absolute Gasteiger partial charge is 0.335 e. The Balaban J connectivity index is 1.81. The number of barbiturate groups is 1. The number of rotatable bonds is 1. The number of carbonyl (C=O) groups excluding carboxylic acids is 3. The molecule has 1 saturated carbocycles. The van der Waals surface area contributed by atoms with E-state index in [0.717, 1.165) is 15.8 Å². The molecule has 0 radical (unpaired) electrons. The molecule has 1 saturated heterocycles. The van der Waals surface area contributed by atoms with Crippen LogP contribution in [-0.4, -0.2) is 22.8 Å². The predicted octanol–water partition coefficient (Wildman–Crippen LogP) is 1.60. The number of hydrogen-bond acceptors (Lipinski definition) is 4. The van der Waals surface area contributed by atoms with Crippen molar-refractivity contribution in [2.75, 3.05) is 4.90 Å². The Morgan fingerprint density at radius 2 is 1.90 bits per heavy atom. The maximum Gasteiger partial charge on any atom is 0.335 e. The number of aromatic nitrogens is 1. The summed E-state index contributed by atoms with van der Waals surface area (Å²) in [5, 5.41) is 3.09. The van der Waals surface area contributed by atoms with Crippen LogP contribution in [0.25, 0.3) is 10.9 Å². The number of fused-ring (bicyclic) bond motifs is 1. The second kappa shape index (κ2) is 3.88. The van der Waals surface area contributed by atoms with E-state index >= 15 is 0 Å². The van der Waals surface area contributed by atoms with Crippen molar-refractivity contribution in [3.05, 3.63) is 36.5 Å². The van der Waals surface area contributed by atoms with Crippen LogP contribution >= 0.6 is 0 Å². The lowest BCUT2D eigenvalue weighted by molar-refractivity contribution is -0.136. The van der Waals surface area contributed by atoms with Crippen LogP contribution in [0.1, 0.15) is 12.8 Å². The zero-order chi connectivity index (χ0) is 14.6. The van der Waals surface area contributed by atoms with Crippen LogP contribution < -0.4 is 10.2 Å². The highest BCUT2D eigenvalue weighted by molar-refractivity contribution is 6.31. The molecule has 4 amide bonds. The molecule has 2 aliphatic rings. The van der Waals surface area contributed by atoms with Gasteiger partial charge in [0.15, 0.2) is 0 Å². The second-order valence-electron chi connectivity index (χ2n) is 5.37. The first-order chi connectivity index (χ1) is 10.1. The minimum atomic E-state index is -1.04. The molecule has 0 bridgehead atoms. The maximum absolute atomic E-state index is 12.5. The van der Waals surface area contributed by atoms with Crippen LogP contribution in [0.3, 0.4) is 0 Å². The molecule has 4 rings (SSSR count). The molecule has 1 aliphatic heterocycles. The highest BCUT2D eigenvalue weighted by Crippen LogP contribution is 2.49. The molecule has 6 heteroatoms. The average molecular weight is 281 g/mol. The highest BCUT2D eigenvalue weighted by Gasteiger charge is 2.62. The lowest BCUT2D eigenvalue weighted by Gasteiger charge is -2.30. The van der Waals surface area contributed by atoms with Crippen molar-refractivity contribution in [2.45, 2.75) is 12.8 Å². The van der Waals surface area contributed by atoms with Gasteiger partial charge in [0.1, 0.15) is 5.41 Å². The minimum absolute atomic E-state index is 0.384. The van der Waals surface area contributed by atoms with E-state index in [9.17, 15) is 14.4 Å². The van der Waals surface area contributed by atoms with Crippen LogP contribution in [0.15, 0.2) is 36.5 Å². The van der Waals surface area contributed by atoms with Gasteiger partial charge >= 0.3 is 6.03 Å². The molecular formula is C15H11N3O3. The van der Waals surface area contributed by atoms with Crippen LogP contribution in [0.4, 0.5) is 10.5 Å². The first-order valence-corrected chi connectivity index (χ1v) is 6.67. The smallest absolute Gasteiger partial charge is 0.276 e. The van der Waals surface area contributed by atoms with Gasteiger partial charge in [-0.25, -0.2) is 9.69 Å². The molecule has 21 heavy (non-hydrogen) atoms. The maximum atomic E-state index is 12.5. The quantitative estimate of drug-likeness (QED) is 0.805. The standard InChI is InChI=1S/C15H11N3O3/c19-12-15(5-6-15)13(20)18(14(21)17-12)10-7-9-3-1-2-4-11(9)16-8-10/h1-4,7-8H,5-6H2,(H,17,19,21). The number of para-hydroxylation sites is 1. The molecule has 1 aromatic carbocycles. The monoisotopic (exact) mass is 281 g/mol. The van der Waals surface area contributed by atoms with Crippen molar-refractivity contribution >= 4 is 34.4 Å². The third kappa shape index (κ3) is 1.59. The number of nitrogens with zero attached hydrogens (tertiary/aromatic N) is 2. The summed E-state index contributed by atoms with van der Waals surface area (Å²) in [6.07, 6.45) is 2.45. The number of carbonyl (C=O) groups is 3. The van der Waals surface area contributed by atoms with Crippen LogP contribution in [0, 0.1) is 5.41 Å². The van der Waals surface area contributed by atoms with Gasteiger partial charge < -0.3 is 0 Å². The molecule has 2 heterocycles. The van der Waals surface area contributed by atoms with Gasteiger partial charge in [0.2, 0.25) is 5.91 Å². The summed E-state index contributed by atoms with van der Waals surface area (Å²) in [6, 6.07) is 8.45. The minimum Gasteiger partial charge on any atom is -0.276 e. The van der Waals surface area contributed by atoms with Crippen molar-refractivity contribution in [2.24, 2.45) is 5.41 Å². The lowest BCUT2D eigenvalue weighted by atomic mass is 10.0. The van der Waals surface area contributed by atoms with Crippen LogP contribution in [0.5, 0.6) is 0 Å². The van der Waals surface area contributed by atoms with Crippen molar-refractivity contribution in [1.29, 1.82) is 0 Å². The summed E-state index contributed by atoms with van der Waals surface area (Å²) in [6.45, 7) is 0. The summed E-state index contributed by atoms with van der Waals surface area (Å²) in [5.41, 5.74) is 0.123. The first-order valence-electron chi connectivity index (χ1n) is 6.67. The average Bonchev–Trinajstić information content (AvgIpc) is 3.27. The normalized spacial score (nSPS) is 20.0. The van der Waals surface area contributed by atoms with Gasteiger partial charge in [-0.1, -0.05) is 18.2 Å².